The van der Waals surface area contributed by atoms with Crippen molar-refractivity contribution in [1.29, 1.82) is 0 Å². The monoisotopic (exact) mass is 362 g/mol. The second-order valence-electron chi connectivity index (χ2n) is 7.61. The molecule has 0 aromatic carbocycles. The first-order valence-corrected chi connectivity index (χ1v) is 10.4. The van der Waals surface area contributed by atoms with Crippen molar-refractivity contribution >= 4 is 0 Å². The molecule has 0 aromatic rings. The first-order valence-electron chi connectivity index (χ1n) is 10.4. The van der Waals surface area contributed by atoms with E-state index in [0.29, 0.717) is 37.3 Å². The highest BCUT2D eigenvalue weighted by molar-refractivity contribution is 4.54. The van der Waals surface area contributed by atoms with Gasteiger partial charge < -0.3 is 24.5 Å². The summed E-state index contributed by atoms with van der Waals surface area (Å²) in [7, 11) is 1.94. The van der Waals surface area contributed by atoms with Crippen molar-refractivity contribution < 1.29 is 24.5 Å². The Morgan fingerprint density at radius 3 is 1.76 bits per heavy atom. The maximum absolute atomic E-state index is 10.1. The fourth-order valence-corrected chi connectivity index (χ4v) is 3.25. The van der Waals surface area contributed by atoms with Gasteiger partial charge in [0.25, 0.3) is 0 Å². The molecule has 5 heteroatoms. The van der Waals surface area contributed by atoms with Crippen LogP contribution in [0.3, 0.4) is 0 Å². The van der Waals surface area contributed by atoms with Gasteiger partial charge in [-0.25, -0.2) is 0 Å². The maximum Gasteiger partial charge on any atom is 0.126 e. The van der Waals surface area contributed by atoms with E-state index in [-0.39, 0.29) is 13.2 Å². The van der Waals surface area contributed by atoms with E-state index in [9.17, 15) is 5.11 Å². The minimum absolute atomic E-state index is 0.0582. The minimum Gasteiger partial charge on any atom is -0.391 e. The molecule has 0 saturated carbocycles. The summed E-state index contributed by atoms with van der Waals surface area (Å²) in [5, 5.41) is 28.3. The van der Waals surface area contributed by atoms with Crippen molar-refractivity contribution in [2.75, 3.05) is 53.1 Å². The molecule has 0 unspecified atom stereocenters. The van der Waals surface area contributed by atoms with E-state index in [4.69, 9.17) is 14.9 Å². The lowest BCUT2D eigenvalue weighted by Gasteiger charge is -2.35. The van der Waals surface area contributed by atoms with Gasteiger partial charge in [0.1, 0.15) is 25.7 Å². The molecule has 1 atom stereocenters. The van der Waals surface area contributed by atoms with Crippen LogP contribution in [0, 0.1) is 0 Å². The average molecular weight is 363 g/mol. The number of quaternary nitrogens is 1. The zero-order valence-electron chi connectivity index (χ0n) is 16.8. The van der Waals surface area contributed by atoms with E-state index in [1.807, 2.05) is 7.05 Å². The Morgan fingerprint density at radius 1 is 0.800 bits per heavy atom. The highest BCUT2D eigenvalue weighted by atomic mass is 16.5. The molecule has 25 heavy (non-hydrogen) atoms. The molecule has 0 rings (SSSR count). The molecular formula is C20H44NO4+. The van der Waals surface area contributed by atoms with Gasteiger partial charge in [0.05, 0.1) is 26.9 Å². The van der Waals surface area contributed by atoms with Crippen molar-refractivity contribution in [3.05, 3.63) is 0 Å². The summed E-state index contributed by atoms with van der Waals surface area (Å²) in [5.74, 6) is 0. The predicted octanol–water partition coefficient (Wildman–Crippen LogP) is 2.72. The second-order valence-corrected chi connectivity index (χ2v) is 7.61. The van der Waals surface area contributed by atoms with Gasteiger partial charge in [-0.05, 0) is 6.42 Å². The number of rotatable bonds is 19. The van der Waals surface area contributed by atoms with Crippen molar-refractivity contribution in [1.82, 2.24) is 0 Å². The molecule has 0 saturated heterocycles. The third kappa shape index (κ3) is 15.7. The summed E-state index contributed by atoms with van der Waals surface area (Å²) in [4.78, 5) is 0. The van der Waals surface area contributed by atoms with E-state index in [2.05, 4.69) is 6.92 Å². The third-order valence-electron chi connectivity index (χ3n) is 4.88. The van der Waals surface area contributed by atoms with Crippen molar-refractivity contribution in [3.63, 3.8) is 0 Å². The topological polar surface area (TPSA) is 69.9 Å². The van der Waals surface area contributed by atoms with E-state index >= 15 is 0 Å². The zero-order chi connectivity index (χ0) is 18.8. The number of hydrogen-bond donors (Lipinski definition) is 3. The van der Waals surface area contributed by atoms with Crippen LogP contribution in [-0.4, -0.2) is 79.0 Å². The highest BCUT2D eigenvalue weighted by Crippen LogP contribution is 2.10. The van der Waals surface area contributed by atoms with Crippen LogP contribution in [0.25, 0.3) is 0 Å². The molecule has 0 aliphatic rings. The molecule has 0 aliphatic heterocycles. The van der Waals surface area contributed by atoms with Crippen LogP contribution in [0.1, 0.15) is 71.1 Å². The zero-order valence-corrected chi connectivity index (χ0v) is 16.8. The fraction of sp³-hybridized carbons (Fsp3) is 1.00. The van der Waals surface area contributed by atoms with Crippen LogP contribution < -0.4 is 0 Å². The Bertz CT molecular complexity index is 270. The number of aliphatic hydroxyl groups is 3. The number of unbranched alkanes of at least 4 members (excludes halogenated alkanes) is 9. The van der Waals surface area contributed by atoms with Crippen LogP contribution in [0.4, 0.5) is 0 Å². The lowest BCUT2D eigenvalue weighted by Crippen LogP contribution is -2.52. The van der Waals surface area contributed by atoms with E-state index < -0.39 is 6.10 Å². The second kappa shape index (κ2) is 17.2. The Kier molecular flexibility index (Phi) is 17.1. The average Bonchev–Trinajstić information content (AvgIpc) is 2.56. The van der Waals surface area contributed by atoms with Gasteiger partial charge in [0.15, 0.2) is 0 Å². The fourth-order valence-electron chi connectivity index (χ4n) is 3.25. The van der Waals surface area contributed by atoms with Crippen LogP contribution in [0.2, 0.25) is 0 Å². The number of aliphatic hydroxyl groups excluding tert-OH is 3. The molecule has 3 N–H and O–H groups in total. The smallest absolute Gasteiger partial charge is 0.126 e. The lowest BCUT2D eigenvalue weighted by atomic mass is 10.1. The number of nitrogens with zero attached hydrogens (tertiary/aromatic N) is 1. The largest absolute Gasteiger partial charge is 0.391 e. The summed E-state index contributed by atoms with van der Waals surface area (Å²) >= 11 is 0. The van der Waals surface area contributed by atoms with Crippen LogP contribution in [-0.2, 0) is 4.74 Å². The molecule has 0 aliphatic carbocycles. The standard InChI is InChI=1S/C20H44NO4/c1-3-4-5-6-7-8-9-10-11-12-17-25-19-20(24)18-21(2,13-15-22)14-16-23/h20,22-24H,3-19H2,1-2H3/q+1/t20-/m0/s1. The van der Waals surface area contributed by atoms with Gasteiger partial charge >= 0.3 is 0 Å². The summed E-state index contributed by atoms with van der Waals surface area (Å²) in [5.41, 5.74) is 0. The summed E-state index contributed by atoms with van der Waals surface area (Å²) in [6.07, 6.45) is 12.5. The number of likely N-dealkylation sites (N-methyl/N-ethyl adjacent to an activating group) is 1. The molecule has 152 valence electrons. The number of ether oxygens (including phenoxy) is 1. The van der Waals surface area contributed by atoms with Crippen LogP contribution >= 0.6 is 0 Å². The van der Waals surface area contributed by atoms with Gasteiger partial charge in [0.2, 0.25) is 0 Å². The summed E-state index contributed by atoms with van der Waals surface area (Å²) in [6, 6.07) is 0. The van der Waals surface area contributed by atoms with Crippen molar-refractivity contribution in [2.45, 2.75) is 77.2 Å². The molecule has 0 bridgehead atoms. The van der Waals surface area contributed by atoms with Gasteiger partial charge in [-0.2, -0.15) is 0 Å². The summed E-state index contributed by atoms with van der Waals surface area (Å²) in [6.45, 7) is 4.99. The lowest BCUT2D eigenvalue weighted by molar-refractivity contribution is -0.913. The SMILES string of the molecule is CCCCCCCCCCCCOC[C@@H](O)C[N+](C)(CCO)CCO. The van der Waals surface area contributed by atoms with Gasteiger partial charge in [-0.3, -0.25) is 0 Å². The molecule has 5 nitrogen and oxygen atoms in total. The maximum atomic E-state index is 10.1. The molecule has 0 amide bonds. The van der Waals surface area contributed by atoms with Crippen molar-refractivity contribution in [2.24, 2.45) is 0 Å². The Balaban J connectivity index is 3.49. The summed E-state index contributed by atoms with van der Waals surface area (Å²) < 4.78 is 6.05. The predicted molar refractivity (Wildman–Crippen MR) is 104 cm³/mol. The molecule has 0 heterocycles. The van der Waals surface area contributed by atoms with Gasteiger partial charge in [0, 0.05) is 6.61 Å². The molecule has 0 fully saturated rings. The van der Waals surface area contributed by atoms with E-state index in [0.717, 1.165) is 6.42 Å². The Hall–Kier alpha value is -0.200. The minimum atomic E-state index is -0.550. The van der Waals surface area contributed by atoms with Gasteiger partial charge in [-0.15, -0.1) is 0 Å². The Labute approximate surface area is 155 Å². The molecule has 0 spiro atoms. The van der Waals surface area contributed by atoms with Crippen molar-refractivity contribution in [3.8, 4) is 0 Å². The normalized spacial score (nSPS) is 13.3. The highest BCUT2D eigenvalue weighted by Gasteiger charge is 2.24. The van der Waals surface area contributed by atoms with Gasteiger partial charge in [-0.1, -0.05) is 64.7 Å². The Morgan fingerprint density at radius 2 is 1.28 bits per heavy atom. The van der Waals surface area contributed by atoms with E-state index in [1.54, 1.807) is 0 Å². The first-order chi connectivity index (χ1) is 12.1. The first kappa shape index (κ1) is 24.8. The van der Waals surface area contributed by atoms with Crippen LogP contribution in [0.15, 0.2) is 0 Å². The molecule has 0 radical (unpaired) electrons. The van der Waals surface area contributed by atoms with Crippen LogP contribution in [0.5, 0.6) is 0 Å². The van der Waals surface area contributed by atoms with E-state index in [1.165, 1.54) is 57.8 Å². The number of hydrogen-bond acceptors (Lipinski definition) is 4. The quantitative estimate of drug-likeness (QED) is 0.244. The molecule has 0 aromatic heterocycles. The third-order valence-corrected chi connectivity index (χ3v) is 4.88. The molecular weight excluding hydrogens is 318 g/mol.